The zero-order chi connectivity index (χ0) is 22.2. The van der Waals surface area contributed by atoms with Crippen LogP contribution in [0.2, 0.25) is 0 Å². The maximum Gasteiger partial charge on any atom is 0.238 e. The lowest BCUT2D eigenvalue weighted by molar-refractivity contribution is -0.117. The SMILES string of the molecule is CCN1CCN(c2ccc(NC(=O)CN(C)Cc3cccc(OC)c3OC)cc2)CC1. The molecule has 1 fully saturated rings. The molecular formula is C24H34N4O3. The lowest BCUT2D eigenvalue weighted by atomic mass is 10.1. The Kier molecular flexibility index (Phi) is 8.14. The first-order valence-corrected chi connectivity index (χ1v) is 10.8. The van der Waals surface area contributed by atoms with Crippen LogP contribution in [0.1, 0.15) is 12.5 Å². The van der Waals surface area contributed by atoms with E-state index < -0.39 is 0 Å². The molecule has 0 atom stereocenters. The van der Waals surface area contributed by atoms with Gasteiger partial charge < -0.3 is 24.6 Å². The van der Waals surface area contributed by atoms with Crippen LogP contribution in [0.25, 0.3) is 0 Å². The summed E-state index contributed by atoms with van der Waals surface area (Å²) in [6.07, 6.45) is 0. The van der Waals surface area contributed by atoms with Crippen LogP contribution < -0.4 is 19.7 Å². The van der Waals surface area contributed by atoms with Crippen LogP contribution in [0.3, 0.4) is 0 Å². The highest BCUT2D eigenvalue weighted by molar-refractivity contribution is 5.92. The fourth-order valence-electron chi connectivity index (χ4n) is 3.95. The first-order valence-electron chi connectivity index (χ1n) is 10.8. The minimum atomic E-state index is -0.0475. The first-order chi connectivity index (χ1) is 15.0. The third-order valence-corrected chi connectivity index (χ3v) is 5.67. The topological polar surface area (TPSA) is 57.3 Å². The number of piperazine rings is 1. The van der Waals surface area contributed by atoms with Crippen molar-refractivity contribution in [2.45, 2.75) is 13.5 Å². The van der Waals surface area contributed by atoms with Crippen LogP contribution in [0, 0.1) is 0 Å². The van der Waals surface area contributed by atoms with E-state index in [4.69, 9.17) is 9.47 Å². The van der Waals surface area contributed by atoms with E-state index in [9.17, 15) is 4.79 Å². The molecule has 1 amide bonds. The van der Waals surface area contributed by atoms with E-state index >= 15 is 0 Å². The molecular weight excluding hydrogens is 392 g/mol. The molecule has 0 spiro atoms. The van der Waals surface area contributed by atoms with Gasteiger partial charge >= 0.3 is 0 Å². The lowest BCUT2D eigenvalue weighted by Gasteiger charge is -2.35. The van der Waals surface area contributed by atoms with Gasteiger partial charge in [-0.3, -0.25) is 9.69 Å². The predicted octanol–water partition coefficient (Wildman–Crippen LogP) is 2.92. The first kappa shape index (κ1) is 22.9. The van der Waals surface area contributed by atoms with Gasteiger partial charge in [-0.2, -0.15) is 0 Å². The van der Waals surface area contributed by atoms with Gasteiger partial charge in [0.05, 0.1) is 20.8 Å². The fraction of sp³-hybridized carbons (Fsp3) is 0.458. The number of carbonyl (C=O) groups excluding carboxylic acids is 1. The highest BCUT2D eigenvalue weighted by Crippen LogP contribution is 2.31. The second-order valence-corrected chi connectivity index (χ2v) is 7.84. The van der Waals surface area contributed by atoms with Gasteiger partial charge in [0.2, 0.25) is 5.91 Å². The molecule has 1 aliphatic heterocycles. The number of amides is 1. The van der Waals surface area contributed by atoms with Gasteiger partial charge in [-0.25, -0.2) is 0 Å². The zero-order valence-corrected chi connectivity index (χ0v) is 19.1. The smallest absolute Gasteiger partial charge is 0.238 e. The monoisotopic (exact) mass is 426 g/mol. The number of nitrogens with one attached hydrogen (secondary N) is 1. The van der Waals surface area contributed by atoms with Crippen LogP contribution in [-0.2, 0) is 11.3 Å². The molecule has 1 saturated heterocycles. The van der Waals surface area contributed by atoms with Crippen LogP contribution in [0.4, 0.5) is 11.4 Å². The fourth-order valence-corrected chi connectivity index (χ4v) is 3.95. The number of rotatable bonds is 9. The Balaban J connectivity index is 1.51. The number of hydrogen-bond acceptors (Lipinski definition) is 6. The molecule has 3 rings (SSSR count). The lowest BCUT2D eigenvalue weighted by Crippen LogP contribution is -2.46. The Hall–Kier alpha value is -2.77. The minimum Gasteiger partial charge on any atom is -0.493 e. The Labute approximate surface area is 185 Å². The molecule has 7 heteroatoms. The summed E-state index contributed by atoms with van der Waals surface area (Å²) in [7, 11) is 5.16. The minimum absolute atomic E-state index is 0.0475. The van der Waals surface area contributed by atoms with Crippen molar-refractivity contribution in [3.63, 3.8) is 0 Å². The summed E-state index contributed by atoms with van der Waals surface area (Å²) in [6.45, 7) is 8.45. The molecule has 168 valence electrons. The largest absolute Gasteiger partial charge is 0.493 e. The second-order valence-electron chi connectivity index (χ2n) is 7.84. The molecule has 2 aromatic rings. The van der Waals surface area contributed by atoms with E-state index in [1.807, 2.05) is 42.3 Å². The van der Waals surface area contributed by atoms with E-state index in [0.29, 0.717) is 18.0 Å². The van der Waals surface area contributed by atoms with Crippen molar-refractivity contribution in [1.29, 1.82) is 0 Å². The number of nitrogens with zero attached hydrogens (tertiary/aromatic N) is 3. The van der Waals surface area contributed by atoms with Gasteiger partial charge in [-0.1, -0.05) is 19.1 Å². The van der Waals surface area contributed by atoms with Crippen molar-refractivity contribution in [2.75, 3.05) is 70.8 Å². The Morgan fingerprint density at radius 1 is 1.03 bits per heavy atom. The number of methoxy groups -OCH3 is 2. The summed E-state index contributed by atoms with van der Waals surface area (Å²) < 4.78 is 10.8. The molecule has 2 aromatic carbocycles. The number of hydrogen-bond donors (Lipinski definition) is 1. The average molecular weight is 427 g/mol. The Bertz CT molecular complexity index is 848. The number of ether oxygens (including phenoxy) is 2. The normalized spacial score (nSPS) is 14.5. The van der Waals surface area contributed by atoms with Crippen molar-refractivity contribution < 1.29 is 14.3 Å². The summed E-state index contributed by atoms with van der Waals surface area (Å²) in [4.78, 5) is 19.3. The highest BCUT2D eigenvalue weighted by Gasteiger charge is 2.16. The number of carbonyl (C=O) groups is 1. The number of likely N-dealkylation sites (N-methyl/N-ethyl adjacent to an activating group) is 2. The van der Waals surface area contributed by atoms with Crippen LogP contribution in [-0.4, -0.2) is 76.2 Å². The van der Waals surface area contributed by atoms with Crippen molar-refractivity contribution in [3.05, 3.63) is 48.0 Å². The molecule has 0 saturated carbocycles. The van der Waals surface area contributed by atoms with Crippen molar-refractivity contribution in [3.8, 4) is 11.5 Å². The Morgan fingerprint density at radius 2 is 1.74 bits per heavy atom. The average Bonchev–Trinajstić information content (AvgIpc) is 2.79. The Morgan fingerprint density at radius 3 is 2.35 bits per heavy atom. The molecule has 1 aliphatic rings. The van der Waals surface area contributed by atoms with Gasteiger partial charge in [0.1, 0.15) is 0 Å². The van der Waals surface area contributed by atoms with E-state index in [1.165, 1.54) is 5.69 Å². The number of para-hydroxylation sites is 1. The second kappa shape index (κ2) is 11.0. The molecule has 0 unspecified atom stereocenters. The van der Waals surface area contributed by atoms with E-state index in [0.717, 1.165) is 44.0 Å². The standard InChI is InChI=1S/C24H34N4O3/c1-5-27-13-15-28(16-14-27)21-11-9-20(10-12-21)25-23(29)18-26(2)17-19-7-6-8-22(30-3)24(19)31-4/h6-12H,5,13-18H2,1-4H3,(H,25,29). The van der Waals surface area contributed by atoms with Gasteiger partial charge in [0, 0.05) is 49.7 Å². The molecule has 0 aliphatic carbocycles. The highest BCUT2D eigenvalue weighted by atomic mass is 16.5. The third-order valence-electron chi connectivity index (χ3n) is 5.67. The summed E-state index contributed by atoms with van der Waals surface area (Å²) in [6, 6.07) is 13.9. The van der Waals surface area contributed by atoms with Gasteiger partial charge in [0.25, 0.3) is 0 Å². The maximum absolute atomic E-state index is 12.5. The molecule has 0 aromatic heterocycles. The van der Waals surface area contributed by atoms with E-state index in [1.54, 1.807) is 14.2 Å². The van der Waals surface area contributed by atoms with Crippen molar-refractivity contribution in [2.24, 2.45) is 0 Å². The molecule has 0 radical (unpaired) electrons. The summed E-state index contributed by atoms with van der Waals surface area (Å²) in [5.41, 5.74) is 2.99. The number of benzene rings is 2. The van der Waals surface area contributed by atoms with E-state index in [2.05, 4.69) is 34.2 Å². The van der Waals surface area contributed by atoms with Crippen LogP contribution in [0.5, 0.6) is 11.5 Å². The van der Waals surface area contributed by atoms with Crippen molar-refractivity contribution in [1.82, 2.24) is 9.80 Å². The molecule has 1 heterocycles. The summed E-state index contributed by atoms with van der Waals surface area (Å²) >= 11 is 0. The molecule has 1 N–H and O–H groups in total. The molecule has 0 bridgehead atoms. The maximum atomic E-state index is 12.5. The van der Waals surface area contributed by atoms with Crippen LogP contribution in [0.15, 0.2) is 42.5 Å². The van der Waals surface area contributed by atoms with Gasteiger partial charge in [0.15, 0.2) is 11.5 Å². The van der Waals surface area contributed by atoms with Gasteiger partial charge in [-0.05, 0) is 43.9 Å². The van der Waals surface area contributed by atoms with Crippen molar-refractivity contribution >= 4 is 17.3 Å². The molecule has 31 heavy (non-hydrogen) atoms. The zero-order valence-electron chi connectivity index (χ0n) is 19.1. The van der Waals surface area contributed by atoms with Crippen LogP contribution >= 0.6 is 0 Å². The summed E-state index contributed by atoms with van der Waals surface area (Å²) in [5, 5.41) is 2.99. The van der Waals surface area contributed by atoms with Gasteiger partial charge in [-0.15, -0.1) is 0 Å². The third kappa shape index (κ3) is 6.12. The number of anilines is 2. The predicted molar refractivity (Wildman–Crippen MR) is 125 cm³/mol. The summed E-state index contributed by atoms with van der Waals surface area (Å²) in [5.74, 6) is 1.34. The quantitative estimate of drug-likeness (QED) is 0.665. The molecule has 7 nitrogen and oxygen atoms in total. The van der Waals surface area contributed by atoms with E-state index in [-0.39, 0.29) is 12.5 Å².